The Labute approximate surface area is 132 Å². The lowest BCUT2D eigenvalue weighted by Crippen LogP contribution is -2.34. The van der Waals surface area contributed by atoms with Crippen LogP contribution in [0.4, 0.5) is 4.39 Å². The molecule has 0 bridgehead atoms. The van der Waals surface area contributed by atoms with Gasteiger partial charge in [-0.3, -0.25) is 14.5 Å². The van der Waals surface area contributed by atoms with Gasteiger partial charge < -0.3 is 0 Å². The van der Waals surface area contributed by atoms with Gasteiger partial charge in [0.15, 0.2) is 9.84 Å². The number of amides is 2. The van der Waals surface area contributed by atoms with Crippen LogP contribution in [0.1, 0.15) is 20.7 Å². The van der Waals surface area contributed by atoms with Crippen molar-refractivity contribution in [3.8, 4) is 0 Å². The zero-order valence-corrected chi connectivity index (χ0v) is 12.7. The highest BCUT2D eigenvalue weighted by Crippen LogP contribution is 2.22. The van der Waals surface area contributed by atoms with Gasteiger partial charge in [0.1, 0.15) is 5.82 Å². The second kappa shape index (κ2) is 5.58. The molecule has 118 valence electrons. The number of hydrogen-bond acceptors (Lipinski definition) is 4. The summed E-state index contributed by atoms with van der Waals surface area (Å²) in [7, 11) is -3.71. The topological polar surface area (TPSA) is 71.5 Å². The zero-order valence-electron chi connectivity index (χ0n) is 11.9. The molecule has 0 unspecified atom stereocenters. The lowest BCUT2D eigenvalue weighted by atomic mass is 10.1. The number of imide groups is 1. The summed E-state index contributed by atoms with van der Waals surface area (Å²) in [5.41, 5.74) is 0.549. The predicted octanol–water partition coefficient (Wildman–Crippen LogP) is 1.90. The van der Waals surface area contributed by atoms with E-state index in [1.165, 1.54) is 12.1 Å². The molecular weight excluding hydrogens is 321 g/mol. The van der Waals surface area contributed by atoms with Crippen LogP contribution in [0.25, 0.3) is 0 Å². The van der Waals surface area contributed by atoms with Crippen molar-refractivity contribution < 1.29 is 22.4 Å². The van der Waals surface area contributed by atoms with Gasteiger partial charge in [-0.15, -0.1) is 0 Å². The van der Waals surface area contributed by atoms with Crippen LogP contribution in [0, 0.1) is 5.82 Å². The molecule has 0 N–H and O–H groups in total. The molecule has 2 aromatic rings. The average Bonchev–Trinajstić information content (AvgIpc) is 2.78. The van der Waals surface area contributed by atoms with Gasteiger partial charge in [-0.1, -0.05) is 12.1 Å². The highest BCUT2D eigenvalue weighted by Gasteiger charge is 2.35. The smallest absolute Gasteiger partial charge is 0.261 e. The van der Waals surface area contributed by atoms with Gasteiger partial charge >= 0.3 is 0 Å². The first-order chi connectivity index (χ1) is 10.9. The molecule has 1 aliphatic heterocycles. The van der Waals surface area contributed by atoms with E-state index in [4.69, 9.17) is 0 Å². The largest absolute Gasteiger partial charge is 0.273 e. The summed E-state index contributed by atoms with van der Waals surface area (Å²) in [5.74, 6) is -1.95. The van der Waals surface area contributed by atoms with Crippen LogP contribution in [-0.4, -0.2) is 37.4 Å². The van der Waals surface area contributed by atoms with Crippen molar-refractivity contribution in [2.45, 2.75) is 4.90 Å². The third-order valence-corrected chi connectivity index (χ3v) is 5.34. The molecule has 0 saturated carbocycles. The minimum atomic E-state index is -3.71. The van der Waals surface area contributed by atoms with E-state index in [0.717, 1.165) is 29.2 Å². The summed E-state index contributed by atoms with van der Waals surface area (Å²) >= 11 is 0. The number of carbonyl (C=O) groups is 2. The van der Waals surface area contributed by atoms with Crippen molar-refractivity contribution in [1.29, 1.82) is 0 Å². The van der Waals surface area contributed by atoms with E-state index in [-0.39, 0.29) is 22.6 Å². The molecule has 2 aromatic carbocycles. The van der Waals surface area contributed by atoms with E-state index in [1.807, 2.05) is 0 Å². The van der Waals surface area contributed by atoms with Crippen LogP contribution in [0.3, 0.4) is 0 Å². The standard InChI is InChI=1S/C16H12FNO4S/c17-11-5-7-12(8-6-11)23(21,22)10-9-18-15(19)13-3-1-2-4-14(13)16(18)20/h1-8H,9-10H2. The summed E-state index contributed by atoms with van der Waals surface area (Å²) in [6.07, 6.45) is 0. The van der Waals surface area contributed by atoms with Crippen molar-refractivity contribution in [3.05, 3.63) is 65.5 Å². The summed E-state index contributed by atoms with van der Waals surface area (Å²) in [6.45, 7) is -0.244. The van der Waals surface area contributed by atoms with Crippen LogP contribution in [0.5, 0.6) is 0 Å². The Bertz CT molecular complexity index is 856. The highest BCUT2D eigenvalue weighted by atomic mass is 32.2. The quantitative estimate of drug-likeness (QED) is 0.633. The maximum absolute atomic E-state index is 12.9. The zero-order chi connectivity index (χ0) is 16.6. The molecule has 0 aliphatic carbocycles. The van der Waals surface area contributed by atoms with Crippen molar-refractivity contribution >= 4 is 21.7 Å². The first-order valence-electron chi connectivity index (χ1n) is 6.84. The number of carbonyl (C=O) groups excluding carboxylic acids is 2. The Morgan fingerprint density at radius 3 is 1.91 bits per heavy atom. The first kappa shape index (κ1) is 15.4. The fourth-order valence-corrected chi connectivity index (χ4v) is 3.62. The molecule has 5 nitrogen and oxygen atoms in total. The van der Waals surface area contributed by atoms with Crippen molar-refractivity contribution in [1.82, 2.24) is 4.90 Å². The molecule has 3 rings (SSSR count). The maximum Gasteiger partial charge on any atom is 0.261 e. The van der Waals surface area contributed by atoms with E-state index in [9.17, 15) is 22.4 Å². The molecular formula is C16H12FNO4S. The van der Waals surface area contributed by atoms with Gasteiger partial charge in [0.05, 0.1) is 21.8 Å². The van der Waals surface area contributed by atoms with E-state index in [0.29, 0.717) is 0 Å². The fourth-order valence-electron chi connectivity index (χ4n) is 2.41. The van der Waals surface area contributed by atoms with E-state index < -0.39 is 33.2 Å². The number of hydrogen-bond donors (Lipinski definition) is 0. The molecule has 0 spiro atoms. The third kappa shape index (κ3) is 2.75. The number of halogens is 1. The molecule has 0 atom stereocenters. The molecule has 0 saturated heterocycles. The molecule has 23 heavy (non-hydrogen) atoms. The summed E-state index contributed by atoms with van der Waals surface area (Å²) in [4.78, 5) is 25.2. The molecule has 1 heterocycles. The molecule has 7 heteroatoms. The molecule has 0 fully saturated rings. The van der Waals surface area contributed by atoms with Gasteiger partial charge in [0.2, 0.25) is 0 Å². The fraction of sp³-hybridized carbons (Fsp3) is 0.125. The number of sulfone groups is 1. The average molecular weight is 333 g/mol. The second-order valence-corrected chi connectivity index (χ2v) is 7.19. The van der Waals surface area contributed by atoms with Crippen LogP contribution < -0.4 is 0 Å². The summed E-state index contributed by atoms with van der Waals surface area (Å²) < 4.78 is 37.3. The van der Waals surface area contributed by atoms with Crippen molar-refractivity contribution in [2.75, 3.05) is 12.3 Å². The van der Waals surface area contributed by atoms with Crippen molar-refractivity contribution in [2.24, 2.45) is 0 Å². The minimum absolute atomic E-state index is 0.0458. The second-order valence-electron chi connectivity index (χ2n) is 5.08. The Balaban J connectivity index is 1.78. The minimum Gasteiger partial charge on any atom is -0.273 e. The lowest BCUT2D eigenvalue weighted by molar-refractivity contribution is 0.0664. The third-order valence-electron chi connectivity index (χ3n) is 3.63. The van der Waals surface area contributed by atoms with E-state index in [1.54, 1.807) is 12.1 Å². The Morgan fingerprint density at radius 2 is 1.39 bits per heavy atom. The van der Waals surface area contributed by atoms with Crippen LogP contribution in [0.2, 0.25) is 0 Å². The first-order valence-corrected chi connectivity index (χ1v) is 8.49. The van der Waals surface area contributed by atoms with Gasteiger partial charge in [-0.25, -0.2) is 12.8 Å². The van der Waals surface area contributed by atoms with Crippen LogP contribution in [0.15, 0.2) is 53.4 Å². The molecule has 2 amide bonds. The number of fused-ring (bicyclic) bond motifs is 1. The SMILES string of the molecule is O=C1c2ccccc2C(=O)N1CCS(=O)(=O)c1ccc(F)cc1. The van der Waals surface area contributed by atoms with Crippen LogP contribution in [-0.2, 0) is 9.84 Å². The molecule has 1 aliphatic rings. The van der Waals surface area contributed by atoms with Gasteiger partial charge in [-0.05, 0) is 36.4 Å². The van der Waals surface area contributed by atoms with E-state index >= 15 is 0 Å². The number of nitrogens with zero attached hydrogens (tertiary/aromatic N) is 1. The number of benzene rings is 2. The Morgan fingerprint density at radius 1 is 0.870 bits per heavy atom. The van der Waals surface area contributed by atoms with Crippen molar-refractivity contribution in [3.63, 3.8) is 0 Å². The van der Waals surface area contributed by atoms with Gasteiger partial charge in [-0.2, -0.15) is 0 Å². The normalized spacial score (nSPS) is 14.2. The Hall–Kier alpha value is -2.54. The lowest BCUT2D eigenvalue weighted by Gasteiger charge is -2.13. The van der Waals surface area contributed by atoms with Gasteiger partial charge in [0.25, 0.3) is 11.8 Å². The summed E-state index contributed by atoms with van der Waals surface area (Å²) in [5, 5.41) is 0. The molecule has 0 radical (unpaired) electrons. The van der Waals surface area contributed by atoms with Gasteiger partial charge in [0, 0.05) is 6.54 Å². The highest BCUT2D eigenvalue weighted by molar-refractivity contribution is 7.91. The monoisotopic (exact) mass is 333 g/mol. The summed E-state index contributed by atoms with van der Waals surface area (Å²) in [6, 6.07) is 10.8. The predicted molar refractivity (Wildman–Crippen MR) is 80.3 cm³/mol. The van der Waals surface area contributed by atoms with E-state index in [2.05, 4.69) is 0 Å². The van der Waals surface area contributed by atoms with Crippen LogP contribution >= 0.6 is 0 Å². The maximum atomic E-state index is 12.9. The Kier molecular flexibility index (Phi) is 3.73. The number of rotatable bonds is 4. The molecule has 0 aromatic heterocycles.